The van der Waals surface area contributed by atoms with Crippen LogP contribution >= 0.6 is 11.8 Å². The van der Waals surface area contributed by atoms with E-state index in [9.17, 15) is 4.39 Å². The van der Waals surface area contributed by atoms with Crippen LogP contribution in [0.4, 0.5) is 4.39 Å². The predicted octanol–water partition coefficient (Wildman–Crippen LogP) is 4.62. The maximum absolute atomic E-state index is 13.0. The van der Waals surface area contributed by atoms with Crippen molar-refractivity contribution in [3.8, 4) is 17.0 Å². The fraction of sp³-hybridized carbons (Fsp3) is 0.150. The third kappa shape index (κ3) is 3.93. The highest BCUT2D eigenvalue weighted by Gasteiger charge is 2.10. The first-order valence-electron chi connectivity index (χ1n) is 8.56. The van der Waals surface area contributed by atoms with Gasteiger partial charge in [-0.05, 0) is 61.0 Å². The summed E-state index contributed by atoms with van der Waals surface area (Å²) in [6, 6.07) is 18.1. The molecule has 4 rings (SSSR count). The van der Waals surface area contributed by atoms with E-state index in [4.69, 9.17) is 4.74 Å². The first-order valence-corrected chi connectivity index (χ1v) is 9.54. The summed E-state index contributed by atoms with van der Waals surface area (Å²) in [5.41, 5.74) is 3.52. The van der Waals surface area contributed by atoms with Crippen LogP contribution in [0.3, 0.4) is 0 Å². The van der Waals surface area contributed by atoms with Crippen molar-refractivity contribution in [2.75, 3.05) is 6.61 Å². The maximum atomic E-state index is 13.0. The van der Waals surface area contributed by atoms with Gasteiger partial charge in [-0.15, -0.1) is 10.2 Å². The third-order valence-electron chi connectivity index (χ3n) is 3.98. The summed E-state index contributed by atoms with van der Waals surface area (Å²) in [6.45, 7) is 2.60. The Balaban J connectivity index is 1.57. The summed E-state index contributed by atoms with van der Waals surface area (Å²) >= 11 is 1.51. The van der Waals surface area contributed by atoms with Gasteiger partial charge in [0.1, 0.15) is 11.6 Å². The summed E-state index contributed by atoms with van der Waals surface area (Å²) in [5, 5.41) is 13.8. The average molecular weight is 380 g/mol. The highest BCUT2D eigenvalue weighted by Crippen LogP contribution is 2.24. The molecule has 0 unspecified atom stereocenters. The predicted molar refractivity (Wildman–Crippen MR) is 103 cm³/mol. The van der Waals surface area contributed by atoms with Crippen molar-refractivity contribution in [1.82, 2.24) is 19.8 Å². The van der Waals surface area contributed by atoms with Gasteiger partial charge in [-0.3, -0.25) is 0 Å². The Morgan fingerprint density at radius 2 is 1.74 bits per heavy atom. The molecule has 0 N–H and O–H groups in total. The Bertz CT molecular complexity index is 1050. The summed E-state index contributed by atoms with van der Waals surface area (Å²) in [4.78, 5) is 0. The van der Waals surface area contributed by atoms with Crippen molar-refractivity contribution in [2.24, 2.45) is 0 Å². The van der Waals surface area contributed by atoms with Crippen molar-refractivity contribution < 1.29 is 9.13 Å². The second kappa shape index (κ2) is 7.75. The minimum absolute atomic E-state index is 0.238. The average Bonchev–Trinajstić information content (AvgIpc) is 3.11. The Hall–Kier alpha value is -2.93. The largest absolute Gasteiger partial charge is 0.494 e. The molecule has 0 aliphatic heterocycles. The van der Waals surface area contributed by atoms with Crippen molar-refractivity contribution >= 4 is 17.4 Å². The fourth-order valence-electron chi connectivity index (χ4n) is 2.63. The summed E-state index contributed by atoms with van der Waals surface area (Å²) in [7, 11) is 0. The van der Waals surface area contributed by atoms with E-state index in [-0.39, 0.29) is 5.82 Å². The zero-order valence-corrected chi connectivity index (χ0v) is 15.5. The van der Waals surface area contributed by atoms with Crippen LogP contribution in [0.25, 0.3) is 16.9 Å². The van der Waals surface area contributed by atoms with Crippen molar-refractivity contribution in [1.29, 1.82) is 0 Å². The smallest absolute Gasteiger partial charge is 0.212 e. The Morgan fingerprint density at radius 3 is 2.48 bits per heavy atom. The number of nitrogens with zero attached hydrogens (tertiary/aromatic N) is 4. The molecule has 7 heteroatoms. The van der Waals surface area contributed by atoms with Gasteiger partial charge < -0.3 is 4.74 Å². The van der Waals surface area contributed by atoms with Gasteiger partial charge in [-0.2, -0.15) is 9.61 Å². The van der Waals surface area contributed by atoms with E-state index in [0.29, 0.717) is 23.2 Å². The highest BCUT2D eigenvalue weighted by molar-refractivity contribution is 7.98. The lowest BCUT2D eigenvalue weighted by atomic mass is 10.1. The Morgan fingerprint density at radius 1 is 0.963 bits per heavy atom. The lowest BCUT2D eigenvalue weighted by Crippen LogP contribution is -1.97. The fourth-order valence-corrected chi connectivity index (χ4v) is 3.47. The van der Waals surface area contributed by atoms with Gasteiger partial charge in [0.2, 0.25) is 5.16 Å². The number of hydrogen-bond donors (Lipinski definition) is 0. The van der Waals surface area contributed by atoms with Crippen LogP contribution in [0.15, 0.2) is 65.8 Å². The first-order chi connectivity index (χ1) is 13.2. The number of thioether (sulfide) groups is 1. The second-order valence-electron chi connectivity index (χ2n) is 5.84. The van der Waals surface area contributed by atoms with Crippen LogP contribution in [0.1, 0.15) is 12.5 Å². The molecule has 2 aromatic heterocycles. The minimum Gasteiger partial charge on any atom is -0.494 e. The number of benzene rings is 2. The van der Waals surface area contributed by atoms with Crippen molar-refractivity contribution in [2.45, 2.75) is 17.8 Å². The van der Waals surface area contributed by atoms with Crippen molar-refractivity contribution in [3.05, 3.63) is 72.0 Å². The Kier molecular flexibility index (Phi) is 5.02. The topological polar surface area (TPSA) is 52.3 Å². The van der Waals surface area contributed by atoms with Crippen LogP contribution in [0.2, 0.25) is 0 Å². The zero-order valence-electron chi connectivity index (χ0n) is 14.7. The molecule has 0 aliphatic rings. The number of rotatable bonds is 6. The molecule has 0 atom stereocenters. The monoisotopic (exact) mass is 380 g/mol. The molecular formula is C20H17FN4OS. The van der Waals surface area contributed by atoms with Gasteiger partial charge in [-0.1, -0.05) is 23.9 Å². The molecule has 2 heterocycles. The molecular weight excluding hydrogens is 363 g/mol. The molecule has 0 aliphatic carbocycles. The van der Waals surface area contributed by atoms with Gasteiger partial charge in [-0.25, -0.2) is 4.39 Å². The van der Waals surface area contributed by atoms with Crippen LogP contribution in [0.5, 0.6) is 5.75 Å². The quantitative estimate of drug-likeness (QED) is 0.457. The van der Waals surface area contributed by atoms with E-state index in [1.807, 2.05) is 43.3 Å². The van der Waals surface area contributed by atoms with Gasteiger partial charge in [0, 0.05) is 11.3 Å². The first kappa shape index (κ1) is 17.5. The molecule has 0 spiro atoms. The number of hydrogen-bond acceptors (Lipinski definition) is 5. The van der Waals surface area contributed by atoms with Gasteiger partial charge in [0.05, 0.1) is 12.3 Å². The summed E-state index contributed by atoms with van der Waals surface area (Å²) in [5.74, 6) is 1.26. The standard InChI is InChI=1S/C20H17FN4OS/c1-2-26-17-9-5-15(6-10-17)18-11-12-19-22-23-20(25(19)24-18)27-13-14-3-7-16(21)8-4-14/h3-12H,2,13H2,1H3. The number of aromatic nitrogens is 4. The lowest BCUT2D eigenvalue weighted by Gasteiger charge is -2.06. The van der Waals surface area contributed by atoms with E-state index in [1.54, 1.807) is 16.6 Å². The van der Waals surface area contributed by atoms with E-state index in [1.165, 1.54) is 23.9 Å². The molecule has 0 bridgehead atoms. The maximum Gasteiger partial charge on any atom is 0.212 e. The van der Waals surface area contributed by atoms with Crippen LogP contribution < -0.4 is 4.74 Å². The Labute approximate surface area is 160 Å². The number of ether oxygens (including phenoxy) is 1. The molecule has 4 aromatic rings. The molecule has 0 fully saturated rings. The summed E-state index contributed by atoms with van der Waals surface area (Å²) in [6.07, 6.45) is 0. The SMILES string of the molecule is CCOc1ccc(-c2ccc3nnc(SCc4ccc(F)cc4)n3n2)cc1. The molecule has 0 radical (unpaired) electrons. The molecule has 2 aromatic carbocycles. The second-order valence-corrected chi connectivity index (χ2v) is 6.79. The molecule has 27 heavy (non-hydrogen) atoms. The van der Waals surface area contributed by atoms with Gasteiger partial charge in [0.25, 0.3) is 0 Å². The van der Waals surface area contributed by atoms with E-state index in [0.717, 1.165) is 22.6 Å². The summed E-state index contributed by atoms with van der Waals surface area (Å²) < 4.78 is 20.2. The molecule has 0 amide bonds. The highest BCUT2D eigenvalue weighted by atomic mass is 32.2. The van der Waals surface area contributed by atoms with E-state index in [2.05, 4.69) is 15.3 Å². The van der Waals surface area contributed by atoms with Crippen LogP contribution in [-0.4, -0.2) is 26.4 Å². The molecule has 136 valence electrons. The van der Waals surface area contributed by atoms with E-state index < -0.39 is 0 Å². The normalized spacial score (nSPS) is 11.0. The van der Waals surface area contributed by atoms with E-state index >= 15 is 0 Å². The molecule has 0 saturated heterocycles. The number of fused-ring (bicyclic) bond motifs is 1. The molecule has 5 nitrogen and oxygen atoms in total. The molecule has 0 saturated carbocycles. The minimum atomic E-state index is -0.238. The zero-order chi connectivity index (χ0) is 18.6. The third-order valence-corrected chi connectivity index (χ3v) is 4.97. The van der Waals surface area contributed by atoms with Gasteiger partial charge in [0.15, 0.2) is 5.65 Å². The van der Waals surface area contributed by atoms with Crippen LogP contribution in [-0.2, 0) is 5.75 Å². The van der Waals surface area contributed by atoms with Gasteiger partial charge >= 0.3 is 0 Å². The van der Waals surface area contributed by atoms with Crippen LogP contribution in [0, 0.1) is 5.82 Å². The van der Waals surface area contributed by atoms with Crippen molar-refractivity contribution in [3.63, 3.8) is 0 Å². The lowest BCUT2D eigenvalue weighted by molar-refractivity contribution is 0.340. The number of halogens is 1.